The third-order valence-electron chi connectivity index (χ3n) is 2.68. The predicted molar refractivity (Wildman–Crippen MR) is 74.2 cm³/mol. The summed E-state index contributed by atoms with van der Waals surface area (Å²) in [6.45, 7) is 0.136. The highest BCUT2D eigenvalue weighted by atomic mass is 16.6. The van der Waals surface area contributed by atoms with Gasteiger partial charge in [0.05, 0.1) is 4.92 Å². The summed E-state index contributed by atoms with van der Waals surface area (Å²) >= 11 is 0. The number of non-ortho nitro benzene ring substituents is 1. The Morgan fingerprint density at radius 2 is 2.10 bits per heavy atom. The lowest BCUT2D eigenvalue weighted by Crippen LogP contribution is -2.18. The van der Waals surface area contributed by atoms with Crippen LogP contribution in [-0.4, -0.2) is 21.0 Å². The van der Waals surface area contributed by atoms with Crippen molar-refractivity contribution in [3.05, 3.63) is 64.0 Å². The lowest BCUT2D eigenvalue weighted by Gasteiger charge is -2.09. The number of pyridine rings is 1. The van der Waals surface area contributed by atoms with Crippen LogP contribution in [-0.2, 0) is 6.61 Å². The van der Waals surface area contributed by atoms with Gasteiger partial charge in [-0.15, -0.1) is 0 Å². The highest BCUT2D eigenvalue weighted by Gasteiger charge is 2.09. The van der Waals surface area contributed by atoms with E-state index in [4.69, 9.17) is 15.7 Å². The van der Waals surface area contributed by atoms with Gasteiger partial charge in [-0.25, -0.2) is 0 Å². The molecule has 108 valence electrons. The van der Waals surface area contributed by atoms with E-state index in [2.05, 4.69) is 10.1 Å². The number of ether oxygens (including phenoxy) is 1. The Balaban J connectivity index is 2.11. The number of benzene rings is 1. The second-order valence-corrected chi connectivity index (χ2v) is 4.04. The number of amidine groups is 1. The lowest BCUT2D eigenvalue weighted by molar-refractivity contribution is -0.384. The van der Waals surface area contributed by atoms with Crippen molar-refractivity contribution in [2.45, 2.75) is 6.61 Å². The van der Waals surface area contributed by atoms with Crippen molar-refractivity contribution in [3.63, 3.8) is 0 Å². The van der Waals surface area contributed by atoms with E-state index in [1.807, 2.05) is 0 Å². The van der Waals surface area contributed by atoms with Gasteiger partial charge in [0.25, 0.3) is 5.69 Å². The molecule has 0 atom stereocenters. The second-order valence-electron chi connectivity index (χ2n) is 4.04. The lowest BCUT2D eigenvalue weighted by atomic mass is 10.2. The number of hydrogen-bond donors (Lipinski definition) is 2. The maximum absolute atomic E-state index is 10.5. The molecular weight excluding hydrogens is 276 g/mol. The van der Waals surface area contributed by atoms with Gasteiger partial charge in [0.2, 0.25) is 0 Å². The van der Waals surface area contributed by atoms with E-state index in [1.54, 1.807) is 12.1 Å². The van der Waals surface area contributed by atoms with Crippen LogP contribution in [0.1, 0.15) is 11.3 Å². The summed E-state index contributed by atoms with van der Waals surface area (Å²) in [6, 6.07) is 9.12. The zero-order valence-corrected chi connectivity index (χ0v) is 10.8. The molecule has 0 aliphatic rings. The van der Waals surface area contributed by atoms with Gasteiger partial charge in [-0.05, 0) is 18.2 Å². The van der Waals surface area contributed by atoms with Gasteiger partial charge in [0.15, 0.2) is 5.84 Å². The summed E-state index contributed by atoms with van der Waals surface area (Å²) in [5, 5.41) is 22.2. The molecule has 0 aliphatic heterocycles. The average Bonchev–Trinajstić information content (AvgIpc) is 2.52. The predicted octanol–water partition coefficient (Wildman–Crippen LogP) is 1.66. The van der Waals surface area contributed by atoms with Crippen LogP contribution in [0.2, 0.25) is 0 Å². The van der Waals surface area contributed by atoms with Gasteiger partial charge in [0, 0.05) is 23.9 Å². The Labute approximate surface area is 119 Å². The Bertz CT molecular complexity index is 670. The number of nitro groups is 1. The molecule has 0 unspecified atom stereocenters. The summed E-state index contributed by atoms with van der Waals surface area (Å²) in [7, 11) is 0. The minimum Gasteiger partial charge on any atom is -0.489 e. The van der Waals surface area contributed by atoms with Crippen molar-refractivity contribution in [1.82, 2.24) is 4.98 Å². The number of hydrogen-bond acceptors (Lipinski definition) is 6. The van der Waals surface area contributed by atoms with Gasteiger partial charge in [-0.2, -0.15) is 0 Å². The van der Waals surface area contributed by atoms with Crippen LogP contribution < -0.4 is 10.5 Å². The molecule has 1 aromatic carbocycles. The van der Waals surface area contributed by atoms with E-state index in [-0.39, 0.29) is 18.1 Å². The topological polar surface area (TPSA) is 124 Å². The third kappa shape index (κ3) is 3.44. The van der Waals surface area contributed by atoms with E-state index in [0.717, 1.165) is 0 Å². The molecule has 0 saturated heterocycles. The molecule has 2 aromatic rings. The molecule has 8 heteroatoms. The Kier molecular flexibility index (Phi) is 4.30. The van der Waals surface area contributed by atoms with Crippen LogP contribution in [0, 0.1) is 10.1 Å². The van der Waals surface area contributed by atoms with Gasteiger partial charge in [-0.3, -0.25) is 15.1 Å². The van der Waals surface area contributed by atoms with Crippen LogP contribution in [0.25, 0.3) is 0 Å². The summed E-state index contributed by atoms with van der Waals surface area (Å²) < 4.78 is 5.51. The minimum absolute atomic E-state index is 0.0129. The molecule has 0 spiro atoms. The molecule has 21 heavy (non-hydrogen) atoms. The zero-order chi connectivity index (χ0) is 15.2. The van der Waals surface area contributed by atoms with Gasteiger partial charge in [-0.1, -0.05) is 11.2 Å². The Hall–Kier alpha value is -3.16. The Morgan fingerprint density at radius 1 is 1.38 bits per heavy atom. The monoisotopic (exact) mass is 288 g/mol. The summed E-state index contributed by atoms with van der Waals surface area (Å²) in [4.78, 5) is 14.1. The molecule has 0 bridgehead atoms. The fourth-order valence-electron chi connectivity index (χ4n) is 1.66. The smallest absolute Gasteiger partial charge is 0.269 e. The molecular formula is C13H12N4O4. The number of oxime groups is 1. The summed E-state index contributed by atoms with van der Waals surface area (Å²) in [5.41, 5.74) is 6.46. The van der Waals surface area contributed by atoms with Crippen LogP contribution in [0.4, 0.5) is 5.69 Å². The van der Waals surface area contributed by atoms with Gasteiger partial charge >= 0.3 is 0 Å². The number of nitrogens with two attached hydrogens (primary N) is 1. The van der Waals surface area contributed by atoms with Crippen molar-refractivity contribution in [1.29, 1.82) is 0 Å². The maximum atomic E-state index is 10.5. The van der Waals surface area contributed by atoms with E-state index < -0.39 is 4.92 Å². The fourth-order valence-corrected chi connectivity index (χ4v) is 1.66. The first-order valence-corrected chi connectivity index (χ1v) is 5.91. The first-order chi connectivity index (χ1) is 10.1. The molecule has 0 saturated carbocycles. The molecule has 8 nitrogen and oxygen atoms in total. The molecule has 0 aliphatic carbocycles. The van der Waals surface area contributed by atoms with Crippen LogP contribution in [0.5, 0.6) is 5.75 Å². The first-order valence-electron chi connectivity index (χ1n) is 5.91. The van der Waals surface area contributed by atoms with E-state index in [9.17, 15) is 10.1 Å². The minimum atomic E-state index is -0.485. The summed E-state index contributed by atoms with van der Waals surface area (Å²) in [6.07, 6.45) is 1.52. The molecule has 0 radical (unpaired) electrons. The Morgan fingerprint density at radius 3 is 2.71 bits per heavy atom. The molecule has 3 N–H and O–H groups in total. The van der Waals surface area contributed by atoms with Crippen molar-refractivity contribution in [2.75, 3.05) is 0 Å². The zero-order valence-electron chi connectivity index (χ0n) is 10.8. The van der Waals surface area contributed by atoms with Crippen LogP contribution in [0.15, 0.2) is 47.8 Å². The SMILES string of the molecule is NC(=NO)c1ncccc1COc1ccc([N+](=O)[O-])cc1. The van der Waals surface area contributed by atoms with Crippen LogP contribution in [0.3, 0.4) is 0 Å². The molecule has 1 heterocycles. The molecule has 0 amide bonds. The number of aromatic nitrogens is 1. The maximum Gasteiger partial charge on any atom is 0.269 e. The van der Waals surface area contributed by atoms with E-state index >= 15 is 0 Å². The number of rotatable bonds is 5. The normalized spacial score (nSPS) is 11.1. The second kappa shape index (κ2) is 6.33. The van der Waals surface area contributed by atoms with Crippen molar-refractivity contribution in [2.24, 2.45) is 10.9 Å². The standard InChI is InChI=1S/C13H12N4O4/c14-13(16-18)12-9(2-1-7-15-12)8-21-11-5-3-10(4-6-11)17(19)20/h1-7,18H,8H2,(H2,14,16). The highest BCUT2D eigenvalue weighted by molar-refractivity contribution is 5.96. The average molecular weight is 288 g/mol. The number of nitro benzene ring substituents is 1. The van der Waals surface area contributed by atoms with Crippen LogP contribution >= 0.6 is 0 Å². The van der Waals surface area contributed by atoms with Crippen molar-refractivity contribution in [3.8, 4) is 5.75 Å². The highest BCUT2D eigenvalue weighted by Crippen LogP contribution is 2.18. The van der Waals surface area contributed by atoms with Gasteiger partial charge in [0.1, 0.15) is 18.1 Å². The van der Waals surface area contributed by atoms with Crippen molar-refractivity contribution >= 4 is 11.5 Å². The quantitative estimate of drug-likeness (QED) is 0.283. The largest absolute Gasteiger partial charge is 0.489 e. The molecule has 2 rings (SSSR count). The van der Waals surface area contributed by atoms with E-state index in [1.165, 1.54) is 30.5 Å². The van der Waals surface area contributed by atoms with Gasteiger partial charge < -0.3 is 15.7 Å². The molecule has 0 fully saturated rings. The fraction of sp³-hybridized carbons (Fsp3) is 0.0769. The summed E-state index contributed by atoms with van der Waals surface area (Å²) in [5.74, 6) is 0.354. The van der Waals surface area contributed by atoms with E-state index in [0.29, 0.717) is 17.0 Å². The first kappa shape index (κ1) is 14.3. The third-order valence-corrected chi connectivity index (χ3v) is 2.68. The number of nitrogens with zero attached hydrogens (tertiary/aromatic N) is 3. The molecule has 1 aromatic heterocycles. The van der Waals surface area contributed by atoms with Crippen molar-refractivity contribution < 1.29 is 14.9 Å².